The molecule has 1 aliphatic rings. The number of carbonyl (C=O) groups is 2. The molecule has 0 fully saturated rings. The van der Waals surface area contributed by atoms with Gasteiger partial charge in [0, 0.05) is 20.1 Å². The molecule has 0 aromatic heterocycles. The van der Waals surface area contributed by atoms with Crippen molar-refractivity contribution in [2.24, 2.45) is 5.73 Å². The average Bonchev–Trinajstić information content (AvgIpc) is 2.47. The van der Waals surface area contributed by atoms with Crippen molar-refractivity contribution in [1.29, 1.82) is 0 Å². The standard InChI is InChI=1S/C15H8Br2N2O2S/c16-8-5-9(17)12(19-15(18)22)11-10(8)13(20)6-3-1-2-4-7(6)14(11)21/h1-5H,(H3,18,19,22). The lowest BCUT2D eigenvalue weighted by atomic mass is 9.83. The molecule has 0 amide bonds. The SMILES string of the molecule is NC(=S)Nc1c(Br)cc(Br)c2c1C(=O)c1ccccc1C2=O. The highest BCUT2D eigenvalue weighted by atomic mass is 79.9. The highest BCUT2D eigenvalue weighted by molar-refractivity contribution is 9.11. The maximum atomic E-state index is 12.8. The van der Waals surface area contributed by atoms with Gasteiger partial charge in [0.15, 0.2) is 16.7 Å². The first-order chi connectivity index (χ1) is 10.4. The van der Waals surface area contributed by atoms with E-state index in [2.05, 4.69) is 37.2 Å². The third kappa shape index (κ3) is 2.29. The Balaban J connectivity index is 2.36. The molecule has 0 aliphatic heterocycles. The quantitative estimate of drug-likeness (QED) is 0.566. The largest absolute Gasteiger partial charge is 0.376 e. The molecule has 22 heavy (non-hydrogen) atoms. The number of ketones is 2. The normalized spacial score (nSPS) is 12.6. The number of carbonyl (C=O) groups excluding carboxylic acids is 2. The molecule has 0 bridgehead atoms. The molecule has 2 aromatic rings. The van der Waals surface area contributed by atoms with Gasteiger partial charge in [-0.15, -0.1) is 0 Å². The van der Waals surface area contributed by atoms with Gasteiger partial charge >= 0.3 is 0 Å². The van der Waals surface area contributed by atoms with Gasteiger partial charge in [0.1, 0.15) is 0 Å². The molecule has 110 valence electrons. The summed E-state index contributed by atoms with van der Waals surface area (Å²) >= 11 is 11.6. The van der Waals surface area contributed by atoms with Crippen LogP contribution in [-0.2, 0) is 0 Å². The van der Waals surface area contributed by atoms with E-state index >= 15 is 0 Å². The maximum Gasteiger partial charge on any atom is 0.196 e. The Hall–Kier alpha value is -1.57. The molecule has 7 heteroatoms. The van der Waals surface area contributed by atoms with E-state index in [0.717, 1.165) is 0 Å². The number of nitrogens with two attached hydrogens (primary N) is 1. The monoisotopic (exact) mass is 438 g/mol. The van der Waals surface area contributed by atoms with Crippen molar-refractivity contribution in [2.75, 3.05) is 5.32 Å². The lowest BCUT2D eigenvalue weighted by molar-refractivity contribution is 0.0979. The molecule has 2 aromatic carbocycles. The van der Waals surface area contributed by atoms with Crippen LogP contribution >= 0.6 is 44.1 Å². The zero-order chi connectivity index (χ0) is 16.0. The van der Waals surface area contributed by atoms with Crippen molar-refractivity contribution < 1.29 is 9.59 Å². The van der Waals surface area contributed by atoms with E-state index in [0.29, 0.717) is 31.3 Å². The maximum absolute atomic E-state index is 12.8. The minimum atomic E-state index is -0.244. The summed E-state index contributed by atoms with van der Waals surface area (Å²) in [6.07, 6.45) is 0. The fourth-order valence-electron chi connectivity index (χ4n) is 2.46. The zero-order valence-corrected chi connectivity index (χ0v) is 14.9. The Morgan fingerprint density at radius 2 is 1.55 bits per heavy atom. The predicted molar refractivity (Wildman–Crippen MR) is 95.6 cm³/mol. The first-order valence-electron chi connectivity index (χ1n) is 6.18. The van der Waals surface area contributed by atoms with E-state index in [1.54, 1.807) is 30.3 Å². The summed E-state index contributed by atoms with van der Waals surface area (Å²) < 4.78 is 1.13. The molecule has 0 atom stereocenters. The topological polar surface area (TPSA) is 72.2 Å². The first-order valence-corrected chi connectivity index (χ1v) is 8.18. The Morgan fingerprint density at radius 1 is 1.00 bits per heavy atom. The Bertz CT molecular complexity index is 865. The van der Waals surface area contributed by atoms with Gasteiger partial charge in [0.2, 0.25) is 0 Å². The summed E-state index contributed by atoms with van der Waals surface area (Å²) in [6, 6.07) is 8.43. The summed E-state index contributed by atoms with van der Waals surface area (Å²) in [7, 11) is 0. The highest BCUT2D eigenvalue weighted by Crippen LogP contribution is 2.40. The van der Waals surface area contributed by atoms with Crippen molar-refractivity contribution in [3.05, 3.63) is 61.5 Å². The van der Waals surface area contributed by atoms with Gasteiger partial charge < -0.3 is 11.1 Å². The molecule has 0 saturated carbocycles. The number of hydrogen-bond acceptors (Lipinski definition) is 3. The van der Waals surface area contributed by atoms with Crippen LogP contribution in [0.5, 0.6) is 0 Å². The summed E-state index contributed by atoms with van der Waals surface area (Å²) in [5.74, 6) is -0.457. The third-order valence-electron chi connectivity index (χ3n) is 3.35. The van der Waals surface area contributed by atoms with Crippen LogP contribution in [0.15, 0.2) is 39.3 Å². The number of nitrogens with one attached hydrogen (secondary N) is 1. The fourth-order valence-corrected chi connectivity index (χ4v) is 4.01. The van der Waals surface area contributed by atoms with Crippen LogP contribution in [0.4, 0.5) is 5.69 Å². The van der Waals surface area contributed by atoms with Crippen molar-refractivity contribution >= 4 is 66.4 Å². The summed E-state index contributed by atoms with van der Waals surface area (Å²) in [5, 5.41) is 2.80. The molecule has 3 N–H and O–H groups in total. The van der Waals surface area contributed by atoms with Crippen molar-refractivity contribution in [3.8, 4) is 0 Å². The van der Waals surface area contributed by atoms with E-state index in [1.807, 2.05) is 0 Å². The number of anilines is 1. The lowest BCUT2D eigenvalue weighted by Gasteiger charge is -2.22. The number of hydrogen-bond donors (Lipinski definition) is 2. The smallest absolute Gasteiger partial charge is 0.196 e. The number of fused-ring (bicyclic) bond motifs is 2. The highest BCUT2D eigenvalue weighted by Gasteiger charge is 2.34. The van der Waals surface area contributed by atoms with Gasteiger partial charge in [-0.2, -0.15) is 0 Å². The molecule has 3 rings (SSSR count). The van der Waals surface area contributed by atoms with Crippen LogP contribution in [0.2, 0.25) is 0 Å². The summed E-state index contributed by atoms with van der Waals surface area (Å²) in [4.78, 5) is 25.6. The van der Waals surface area contributed by atoms with Crippen LogP contribution in [0, 0.1) is 0 Å². The van der Waals surface area contributed by atoms with E-state index < -0.39 is 0 Å². The average molecular weight is 440 g/mol. The lowest BCUT2D eigenvalue weighted by Crippen LogP contribution is -2.26. The van der Waals surface area contributed by atoms with E-state index in [9.17, 15) is 9.59 Å². The van der Waals surface area contributed by atoms with Crippen molar-refractivity contribution in [2.45, 2.75) is 0 Å². The molecule has 4 nitrogen and oxygen atoms in total. The van der Waals surface area contributed by atoms with Gasteiger partial charge in [0.05, 0.1) is 16.8 Å². The molecule has 0 radical (unpaired) electrons. The van der Waals surface area contributed by atoms with Gasteiger partial charge in [0.25, 0.3) is 0 Å². The molecular formula is C15H8Br2N2O2S. The van der Waals surface area contributed by atoms with Gasteiger partial charge in [-0.25, -0.2) is 0 Å². The second-order valence-electron chi connectivity index (χ2n) is 4.66. The van der Waals surface area contributed by atoms with Crippen LogP contribution in [0.25, 0.3) is 0 Å². The van der Waals surface area contributed by atoms with E-state index in [-0.39, 0.29) is 22.2 Å². The minimum absolute atomic E-state index is 0.0179. The number of rotatable bonds is 1. The molecule has 0 spiro atoms. The molecule has 0 saturated heterocycles. The number of thiocarbonyl (C=S) groups is 1. The second kappa shape index (κ2) is 5.57. The Labute approximate surface area is 148 Å². The first kappa shape index (κ1) is 15.3. The van der Waals surface area contributed by atoms with Crippen LogP contribution < -0.4 is 11.1 Å². The van der Waals surface area contributed by atoms with Crippen LogP contribution in [0.3, 0.4) is 0 Å². The molecule has 0 unspecified atom stereocenters. The molecule has 0 heterocycles. The van der Waals surface area contributed by atoms with Gasteiger partial charge in [-0.1, -0.05) is 24.3 Å². The molecule has 1 aliphatic carbocycles. The predicted octanol–water partition coefficient (Wildman–Crippen LogP) is 3.64. The Kier molecular flexibility index (Phi) is 3.88. The second-order valence-corrected chi connectivity index (χ2v) is 6.81. The van der Waals surface area contributed by atoms with Gasteiger partial charge in [-0.3, -0.25) is 9.59 Å². The Morgan fingerprint density at radius 3 is 2.09 bits per heavy atom. The third-order valence-corrected chi connectivity index (χ3v) is 4.70. The van der Waals surface area contributed by atoms with Crippen LogP contribution in [-0.4, -0.2) is 16.7 Å². The van der Waals surface area contributed by atoms with Crippen molar-refractivity contribution in [3.63, 3.8) is 0 Å². The fraction of sp³-hybridized carbons (Fsp3) is 0. The van der Waals surface area contributed by atoms with Gasteiger partial charge in [-0.05, 0) is 50.1 Å². The summed E-state index contributed by atoms with van der Waals surface area (Å²) in [5.41, 5.74) is 7.27. The zero-order valence-electron chi connectivity index (χ0n) is 10.9. The van der Waals surface area contributed by atoms with Crippen LogP contribution in [0.1, 0.15) is 31.8 Å². The number of halogens is 2. The molecular weight excluding hydrogens is 432 g/mol. The van der Waals surface area contributed by atoms with E-state index in [1.165, 1.54) is 0 Å². The van der Waals surface area contributed by atoms with E-state index in [4.69, 9.17) is 18.0 Å². The van der Waals surface area contributed by atoms with Crippen molar-refractivity contribution in [1.82, 2.24) is 0 Å². The summed E-state index contributed by atoms with van der Waals surface area (Å²) in [6.45, 7) is 0. The minimum Gasteiger partial charge on any atom is -0.376 e. The number of benzene rings is 2.